The van der Waals surface area contributed by atoms with Gasteiger partial charge in [0.25, 0.3) is 0 Å². The van der Waals surface area contributed by atoms with Gasteiger partial charge >= 0.3 is 0 Å². The second-order valence-electron chi connectivity index (χ2n) is 3.67. The highest BCUT2D eigenvalue weighted by Crippen LogP contribution is 2.30. The first-order valence-corrected chi connectivity index (χ1v) is 5.21. The molecule has 5 heteroatoms. The van der Waals surface area contributed by atoms with E-state index in [1.54, 1.807) is 19.1 Å². The molecule has 2 N–H and O–H groups in total. The quantitative estimate of drug-likeness (QED) is 0.880. The molecule has 18 heavy (non-hydrogen) atoms. The average Bonchev–Trinajstić information content (AvgIpc) is 2.35. The molecule has 1 aromatic heterocycles. The van der Waals surface area contributed by atoms with Crippen molar-refractivity contribution in [2.75, 3.05) is 5.73 Å². The van der Waals surface area contributed by atoms with Crippen LogP contribution in [0.15, 0.2) is 30.5 Å². The smallest absolute Gasteiger partial charge is 0.242 e. The van der Waals surface area contributed by atoms with Gasteiger partial charge in [0.15, 0.2) is 0 Å². The fourth-order valence-corrected chi connectivity index (χ4v) is 1.43. The van der Waals surface area contributed by atoms with Crippen molar-refractivity contribution in [2.24, 2.45) is 0 Å². The van der Waals surface area contributed by atoms with Crippen LogP contribution in [0.1, 0.15) is 11.1 Å². The van der Waals surface area contributed by atoms with Crippen LogP contribution in [-0.2, 0) is 0 Å². The molecule has 0 saturated heterocycles. The van der Waals surface area contributed by atoms with Gasteiger partial charge in [0.2, 0.25) is 5.88 Å². The maximum atomic E-state index is 13.4. The molecule has 0 aliphatic heterocycles. The number of halogens is 1. The number of benzene rings is 1. The molecule has 0 saturated carbocycles. The first kappa shape index (κ1) is 11.9. The third kappa shape index (κ3) is 2.09. The molecule has 0 radical (unpaired) electrons. The molecule has 0 bridgehead atoms. The zero-order chi connectivity index (χ0) is 13.1. The fourth-order valence-electron chi connectivity index (χ4n) is 1.43. The van der Waals surface area contributed by atoms with Crippen molar-refractivity contribution in [3.8, 4) is 17.7 Å². The lowest BCUT2D eigenvalue weighted by Gasteiger charge is -2.10. The molecule has 2 aromatic rings. The highest BCUT2D eigenvalue weighted by Gasteiger charge is 2.12. The van der Waals surface area contributed by atoms with Crippen molar-refractivity contribution < 1.29 is 9.13 Å². The Morgan fingerprint density at radius 3 is 2.89 bits per heavy atom. The number of anilines is 1. The molecule has 0 atom stereocenters. The van der Waals surface area contributed by atoms with E-state index in [4.69, 9.17) is 15.7 Å². The van der Waals surface area contributed by atoms with Gasteiger partial charge < -0.3 is 10.5 Å². The van der Waals surface area contributed by atoms with Gasteiger partial charge in [0, 0.05) is 6.20 Å². The van der Waals surface area contributed by atoms with E-state index >= 15 is 0 Å². The standard InChI is InChI=1S/C13H10FN3O/c1-8-5-6-17-13(12(8)16)18-11-4-2-3-10(14)9(11)7-15/h2-6H,16H2,1H3. The van der Waals surface area contributed by atoms with Crippen LogP contribution < -0.4 is 10.5 Å². The summed E-state index contributed by atoms with van der Waals surface area (Å²) in [6.07, 6.45) is 1.53. The second-order valence-corrected chi connectivity index (χ2v) is 3.67. The van der Waals surface area contributed by atoms with E-state index in [0.29, 0.717) is 5.69 Å². The van der Waals surface area contributed by atoms with Gasteiger partial charge in [0.05, 0.1) is 5.69 Å². The van der Waals surface area contributed by atoms with Gasteiger partial charge in [-0.25, -0.2) is 9.37 Å². The number of ether oxygens (including phenoxy) is 1. The monoisotopic (exact) mass is 243 g/mol. The Bertz CT molecular complexity index is 635. The van der Waals surface area contributed by atoms with Crippen LogP contribution in [0.4, 0.5) is 10.1 Å². The summed E-state index contributed by atoms with van der Waals surface area (Å²) in [6.45, 7) is 1.81. The van der Waals surface area contributed by atoms with Crippen LogP contribution in [0, 0.1) is 24.1 Å². The minimum atomic E-state index is -0.638. The number of nitrogens with zero attached hydrogens (tertiary/aromatic N) is 2. The molecule has 0 aliphatic carbocycles. The number of hydrogen-bond donors (Lipinski definition) is 1. The van der Waals surface area contributed by atoms with Crippen molar-refractivity contribution in [1.82, 2.24) is 4.98 Å². The summed E-state index contributed by atoms with van der Waals surface area (Å²) in [5.74, 6) is -0.374. The van der Waals surface area contributed by atoms with Crippen LogP contribution in [0.25, 0.3) is 0 Å². The molecular formula is C13H10FN3O. The van der Waals surface area contributed by atoms with Crippen molar-refractivity contribution in [1.29, 1.82) is 5.26 Å². The molecule has 0 aliphatic rings. The Morgan fingerprint density at radius 2 is 2.17 bits per heavy atom. The Kier molecular flexibility index (Phi) is 3.11. The van der Waals surface area contributed by atoms with Crippen LogP contribution in [0.3, 0.4) is 0 Å². The highest BCUT2D eigenvalue weighted by molar-refractivity contribution is 5.56. The number of nitrogens with two attached hydrogens (primary N) is 1. The first-order chi connectivity index (χ1) is 8.63. The molecule has 0 spiro atoms. The van der Waals surface area contributed by atoms with E-state index in [-0.39, 0.29) is 17.2 Å². The van der Waals surface area contributed by atoms with Gasteiger partial charge in [-0.05, 0) is 30.7 Å². The molecule has 90 valence electrons. The summed E-state index contributed by atoms with van der Waals surface area (Å²) < 4.78 is 18.8. The summed E-state index contributed by atoms with van der Waals surface area (Å²) in [5, 5.41) is 8.88. The molecule has 1 aromatic carbocycles. The lowest BCUT2D eigenvalue weighted by Crippen LogP contribution is -1.99. The van der Waals surface area contributed by atoms with Crippen LogP contribution in [0.2, 0.25) is 0 Å². The largest absolute Gasteiger partial charge is 0.436 e. The van der Waals surface area contributed by atoms with Crippen LogP contribution in [-0.4, -0.2) is 4.98 Å². The van der Waals surface area contributed by atoms with Gasteiger partial charge in [-0.1, -0.05) is 6.07 Å². The maximum Gasteiger partial charge on any atom is 0.242 e. The van der Waals surface area contributed by atoms with Crippen molar-refractivity contribution >= 4 is 5.69 Å². The SMILES string of the molecule is Cc1ccnc(Oc2cccc(F)c2C#N)c1N. The minimum absolute atomic E-state index is 0.0994. The normalized spacial score (nSPS) is 9.83. The van der Waals surface area contributed by atoms with Gasteiger partial charge in [-0.2, -0.15) is 5.26 Å². The molecule has 0 fully saturated rings. The number of nitriles is 1. The van der Waals surface area contributed by atoms with Gasteiger partial charge in [-0.15, -0.1) is 0 Å². The predicted octanol–water partition coefficient (Wildman–Crippen LogP) is 2.78. The van der Waals surface area contributed by atoms with Crippen molar-refractivity contribution in [3.05, 3.63) is 47.4 Å². The van der Waals surface area contributed by atoms with Gasteiger partial charge in [0.1, 0.15) is 23.2 Å². The lowest BCUT2D eigenvalue weighted by molar-refractivity contribution is 0.458. The number of rotatable bonds is 2. The number of aryl methyl sites for hydroxylation is 1. The zero-order valence-corrected chi connectivity index (χ0v) is 9.64. The fraction of sp³-hybridized carbons (Fsp3) is 0.0769. The van der Waals surface area contributed by atoms with E-state index in [1.807, 2.05) is 0 Å². The minimum Gasteiger partial charge on any atom is -0.436 e. The number of nitrogen functional groups attached to an aromatic ring is 1. The Hall–Kier alpha value is -2.61. The summed E-state index contributed by atoms with van der Waals surface area (Å²) in [4.78, 5) is 3.96. The lowest BCUT2D eigenvalue weighted by atomic mass is 10.2. The van der Waals surface area contributed by atoms with E-state index in [9.17, 15) is 4.39 Å². The number of pyridine rings is 1. The summed E-state index contributed by atoms with van der Waals surface area (Å²) in [5.41, 5.74) is 6.80. The average molecular weight is 243 g/mol. The molecule has 0 amide bonds. The molecule has 1 heterocycles. The summed E-state index contributed by atoms with van der Waals surface area (Å²) >= 11 is 0. The molecule has 4 nitrogen and oxygen atoms in total. The Balaban J connectivity index is 2.44. The van der Waals surface area contributed by atoms with E-state index in [2.05, 4.69) is 4.98 Å². The number of hydrogen-bond acceptors (Lipinski definition) is 4. The molecular weight excluding hydrogens is 233 g/mol. The maximum absolute atomic E-state index is 13.4. The Labute approximate surface area is 103 Å². The third-order valence-electron chi connectivity index (χ3n) is 2.47. The van der Waals surface area contributed by atoms with E-state index in [0.717, 1.165) is 5.56 Å². The van der Waals surface area contributed by atoms with E-state index in [1.165, 1.54) is 24.4 Å². The third-order valence-corrected chi connectivity index (χ3v) is 2.47. The summed E-state index contributed by atoms with van der Waals surface area (Å²) in [6, 6.07) is 7.62. The zero-order valence-electron chi connectivity index (χ0n) is 9.64. The van der Waals surface area contributed by atoms with Gasteiger partial charge in [-0.3, -0.25) is 0 Å². The highest BCUT2D eigenvalue weighted by atomic mass is 19.1. The van der Waals surface area contributed by atoms with Crippen LogP contribution in [0.5, 0.6) is 11.6 Å². The number of aromatic nitrogens is 1. The van der Waals surface area contributed by atoms with Crippen molar-refractivity contribution in [3.63, 3.8) is 0 Å². The molecule has 0 unspecified atom stereocenters. The van der Waals surface area contributed by atoms with Crippen LogP contribution >= 0.6 is 0 Å². The summed E-state index contributed by atoms with van der Waals surface area (Å²) in [7, 11) is 0. The van der Waals surface area contributed by atoms with E-state index < -0.39 is 5.82 Å². The Morgan fingerprint density at radius 1 is 1.39 bits per heavy atom. The predicted molar refractivity (Wildman–Crippen MR) is 64.6 cm³/mol. The topological polar surface area (TPSA) is 71.9 Å². The van der Waals surface area contributed by atoms with Crippen molar-refractivity contribution in [2.45, 2.75) is 6.92 Å². The first-order valence-electron chi connectivity index (χ1n) is 5.21. The molecule has 2 rings (SSSR count). The second kappa shape index (κ2) is 4.72.